The number of aromatic amines is 1. The van der Waals surface area contributed by atoms with Gasteiger partial charge in [-0.2, -0.15) is 14.9 Å². The van der Waals surface area contributed by atoms with Crippen LogP contribution in [0.15, 0.2) is 95.0 Å². The van der Waals surface area contributed by atoms with E-state index < -0.39 is 0 Å². The van der Waals surface area contributed by atoms with Crippen molar-refractivity contribution < 1.29 is 0 Å². The number of rotatable bonds is 4. The van der Waals surface area contributed by atoms with Gasteiger partial charge in [-0.15, -0.1) is 0 Å². The first-order chi connectivity index (χ1) is 15.6. The molecule has 0 aliphatic carbocycles. The lowest BCUT2D eigenvalue weighted by atomic mass is 10.1. The van der Waals surface area contributed by atoms with Crippen LogP contribution >= 0.6 is 23.8 Å². The summed E-state index contributed by atoms with van der Waals surface area (Å²) in [5.74, 6) is 0. The van der Waals surface area contributed by atoms with E-state index in [1.807, 2.05) is 72.9 Å². The van der Waals surface area contributed by atoms with E-state index in [4.69, 9.17) is 28.9 Å². The molecule has 0 amide bonds. The maximum Gasteiger partial charge on any atom is 0.282 e. The maximum absolute atomic E-state index is 12.9. The molecule has 1 N–H and O–H groups in total. The van der Waals surface area contributed by atoms with Crippen molar-refractivity contribution >= 4 is 40.9 Å². The summed E-state index contributed by atoms with van der Waals surface area (Å²) in [7, 11) is 0. The normalized spacial score (nSPS) is 11.4. The summed E-state index contributed by atoms with van der Waals surface area (Å²) in [5.41, 5.74) is 3.60. The van der Waals surface area contributed by atoms with E-state index in [-0.39, 0.29) is 10.3 Å². The Kier molecular flexibility index (Phi) is 5.26. The zero-order valence-corrected chi connectivity index (χ0v) is 18.2. The van der Waals surface area contributed by atoms with E-state index in [9.17, 15) is 4.79 Å². The molecule has 5 rings (SSSR count). The number of H-pyrrole nitrogens is 1. The van der Waals surface area contributed by atoms with E-state index in [2.05, 4.69) is 10.1 Å². The molecule has 156 valence electrons. The third kappa shape index (κ3) is 3.79. The molecule has 0 fully saturated rings. The average molecular weight is 458 g/mol. The molecule has 0 saturated heterocycles. The Hall–Kier alpha value is -3.81. The van der Waals surface area contributed by atoms with E-state index >= 15 is 0 Å². The Balaban J connectivity index is 1.65. The SMILES string of the molecule is O=c1c2ccccc2[nH]c(=S)n1/N=C/c1cn(-c2ccccc2)nc1-c1ccc(Cl)cc1. The Morgan fingerprint density at radius 2 is 1.69 bits per heavy atom. The van der Waals surface area contributed by atoms with Crippen LogP contribution in [0.3, 0.4) is 0 Å². The van der Waals surface area contributed by atoms with Crippen molar-refractivity contribution in [3.63, 3.8) is 0 Å². The number of halogens is 1. The largest absolute Gasteiger partial charge is 0.330 e. The molecule has 0 spiro atoms. The molecule has 8 heteroatoms. The summed E-state index contributed by atoms with van der Waals surface area (Å²) in [6.07, 6.45) is 3.46. The summed E-state index contributed by atoms with van der Waals surface area (Å²) in [6, 6.07) is 24.4. The van der Waals surface area contributed by atoms with Crippen LogP contribution in [-0.2, 0) is 0 Å². The van der Waals surface area contributed by atoms with Gasteiger partial charge >= 0.3 is 0 Å². The summed E-state index contributed by atoms with van der Waals surface area (Å²) in [4.78, 5) is 16.0. The second kappa shape index (κ2) is 8.37. The first-order valence-electron chi connectivity index (χ1n) is 9.79. The van der Waals surface area contributed by atoms with Crippen LogP contribution in [0.1, 0.15) is 5.56 Å². The van der Waals surface area contributed by atoms with Crippen LogP contribution in [0.5, 0.6) is 0 Å². The minimum absolute atomic E-state index is 0.216. The second-order valence-corrected chi connectivity index (χ2v) is 7.88. The Bertz CT molecular complexity index is 1570. The van der Waals surface area contributed by atoms with Crippen molar-refractivity contribution in [2.45, 2.75) is 0 Å². The zero-order valence-electron chi connectivity index (χ0n) is 16.6. The van der Waals surface area contributed by atoms with Crippen LogP contribution in [0.25, 0.3) is 27.8 Å². The fourth-order valence-corrected chi connectivity index (χ4v) is 3.77. The van der Waals surface area contributed by atoms with E-state index in [0.29, 0.717) is 21.6 Å². The van der Waals surface area contributed by atoms with Crippen LogP contribution in [0, 0.1) is 4.77 Å². The number of para-hydroxylation sites is 2. The summed E-state index contributed by atoms with van der Waals surface area (Å²) >= 11 is 11.4. The molecule has 6 nitrogen and oxygen atoms in total. The number of nitrogens with one attached hydrogen (secondary N) is 1. The van der Waals surface area contributed by atoms with E-state index in [0.717, 1.165) is 16.8 Å². The first-order valence-corrected chi connectivity index (χ1v) is 10.6. The number of nitrogens with zero attached hydrogens (tertiary/aromatic N) is 4. The lowest BCUT2D eigenvalue weighted by Crippen LogP contribution is -2.18. The molecule has 32 heavy (non-hydrogen) atoms. The molecule has 0 radical (unpaired) electrons. The molecule has 3 aromatic carbocycles. The van der Waals surface area contributed by atoms with Crippen molar-refractivity contribution in [1.82, 2.24) is 19.4 Å². The lowest BCUT2D eigenvalue weighted by Gasteiger charge is -2.02. The maximum atomic E-state index is 12.9. The molecule has 0 atom stereocenters. The molecule has 2 aromatic heterocycles. The van der Waals surface area contributed by atoms with Gasteiger partial charge in [0.15, 0.2) is 0 Å². The third-order valence-electron chi connectivity index (χ3n) is 4.98. The van der Waals surface area contributed by atoms with Gasteiger partial charge in [-0.3, -0.25) is 4.79 Å². The highest BCUT2D eigenvalue weighted by Gasteiger charge is 2.12. The molecule has 5 aromatic rings. The fourth-order valence-electron chi connectivity index (χ4n) is 3.40. The van der Waals surface area contributed by atoms with Crippen molar-refractivity contribution in [1.29, 1.82) is 0 Å². The highest BCUT2D eigenvalue weighted by Crippen LogP contribution is 2.24. The van der Waals surface area contributed by atoms with Crippen LogP contribution in [0.4, 0.5) is 0 Å². The van der Waals surface area contributed by atoms with Crippen LogP contribution in [0.2, 0.25) is 5.02 Å². The number of fused-ring (bicyclic) bond motifs is 1. The molecular weight excluding hydrogens is 442 g/mol. The topological polar surface area (TPSA) is 68.0 Å². The standard InChI is InChI=1S/C24H16ClN5OS/c25-18-12-10-16(11-13-18)22-17(15-29(28-22)19-6-2-1-3-7-19)14-26-30-23(31)20-8-4-5-9-21(20)27-24(30)32/h1-15H,(H,27,32)/b26-14+. The summed E-state index contributed by atoms with van der Waals surface area (Å²) in [5, 5.41) is 10.3. The monoisotopic (exact) mass is 457 g/mol. The second-order valence-electron chi connectivity index (χ2n) is 7.06. The average Bonchev–Trinajstić information content (AvgIpc) is 3.24. The van der Waals surface area contributed by atoms with Crippen molar-refractivity contribution in [2.75, 3.05) is 0 Å². The van der Waals surface area contributed by atoms with Gasteiger partial charge in [0.25, 0.3) is 5.56 Å². The van der Waals surface area contributed by atoms with Crippen LogP contribution < -0.4 is 5.56 Å². The Morgan fingerprint density at radius 1 is 0.969 bits per heavy atom. The minimum atomic E-state index is -0.288. The third-order valence-corrected chi connectivity index (χ3v) is 5.50. The summed E-state index contributed by atoms with van der Waals surface area (Å²) < 4.78 is 3.17. The smallest absolute Gasteiger partial charge is 0.282 e. The fraction of sp³-hybridized carbons (Fsp3) is 0. The summed E-state index contributed by atoms with van der Waals surface area (Å²) in [6.45, 7) is 0. The molecule has 0 saturated carbocycles. The van der Waals surface area contributed by atoms with E-state index in [1.165, 1.54) is 4.68 Å². The first kappa shape index (κ1) is 20.1. The molecule has 2 heterocycles. The molecule has 0 aliphatic rings. The minimum Gasteiger partial charge on any atom is -0.330 e. The van der Waals surface area contributed by atoms with Gasteiger partial charge in [-0.05, 0) is 48.6 Å². The van der Waals surface area contributed by atoms with Gasteiger partial charge in [-0.25, -0.2) is 4.68 Å². The van der Waals surface area contributed by atoms with Crippen LogP contribution in [-0.4, -0.2) is 25.7 Å². The van der Waals surface area contributed by atoms with Gasteiger partial charge in [-0.1, -0.05) is 54.1 Å². The van der Waals surface area contributed by atoms with Gasteiger partial charge < -0.3 is 4.98 Å². The number of aromatic nitrogens is 4. The van der Waals surface area contributed by atoms with Gasteiger partial charge in [0.05, 0.1) is 22.8 Å². The number of hydrogen-bond acceptors (Lipinski definition) is 4. The Labute approximate surface area is 193 Å². The quantitative estimate of drug-likeness (QED) is 0.288. The zero-order chi connectivity index (χ0) is 22.1. The Morgan fingerprint density at radius 3 is 2.47 bits per heavy atom. The predicted octanol–water partition coefficient (Wildman–Crippen LogP) is 5.45. The van der Waals surface area contributed by atoms with Crippen molar-refractivity contribution in [2.24, 2.45) is 5.10 Å². The molecule has 0 aliphatic heterocycles. The molecular formula is C24H16ClN5OS. The van der Waals surface area contributed by atoms with E-state index in [1.54, 1.807) is 23.0 Å². The van der Waals surface area contributed by atoms with Crippen molar-refractivity contribution in [3.8, 4) is 16.9 Å². The van der Waals surface area contributed by atoms with Gasteiger partial charge in [0, 0.05) is 22.3 Å². The molecule has 0 unspecified atom stereocenters. The highest BCUT2D eigenvalue weighted by atomic mass is 35.5. The number of benzene rings is 3. The highest BCUT2D eigenvalue weighted by molar-refractivity contribution is 7.71. The predicted molar refractivity (Wildman–Crippen MR) is 130 cm³/mol. The molecule has 0 bridgehead atoms. The van der Waals surface area contributed by atoms with Crippen molar-refractivity contribution in [3.05, 3.63) is 111 Å². The van der Waals surface area contributed by atoms with Gasteiger partial charge in [0.2, 0.25) is 4.77 Å². The lowest BCUT2D eigenvalue weighted by molar-refractivity contribution is 0.800. The number of hydrogen-bond donors (Lipinski definition) is 1. The van der Waals surface area contributed by atoms with Gasteiger partial charge in [0.1, 0.15) is 5.69 Å².